The highest BCUT2D eigenvalue weighted by atomic mass is 16.2. The van der Waals surface area contributed by atoms with Crippen molar-refractivity contribution in [2.24, 2.45) is 11.8 Å². The van der Waals surface area contributed by atoms with E-state index in [-0.39, 0.29) is 23.8 Å². The number of aryl methyl sites for hydroxylation is 1. The Morgan fingerprint density at radius 2 is 1.63 bits per heavy atom. The Kier molecular flexibility index (Phi) is 5.97. The third-order valence-corrected chi connectivity index (χ3v) is 6.82. The summed E-state index contributed by atoms with van der Waals surface area (Å²) in [6.45, 7) is 8.46. The number of hydrogen-bond donors (Lipinski definition) is 1. The fourth-order valence-electron chi connectivity index (χ4n) is 4.79. The van der Waals surface area contributed by atoms with Crippen LogP contribution < -0.4 is 10.2 Å². The summed E-state index contributed by atoms with van der Waals surface area (Å²) in [5.41, 5.74) is 2.41. The highest BCUT2D eigenvalue weighted by Crippen LogP contribution is 2.26. The molecule has 7 nitrogen and oxygen atoms in total. The van der Waals surface area contributed by atoms with Crippen LogP contribution >= 0.6 is 0 Å². The number of nitrogens with zero attached hydrogens (tertiary/aromatic N) is 3. The summed E-state index contributed by atoms with van der Waals surface area (Å²) in [5.74, 6) is 1.04. The maximum atomic E-state index is 13.0. The molecule has 1 N–H and O–H groups in total. The smallest absolute Gasteiger partial charge is 0.322 e. The maximum absolute atomic E-state index is 13.0. The SMILES string of the molecule is Cc1cc(C(=O)N2CCC(C(=O)N3CCC(C)CC3)CC2)ccc1N1CCNC1=O. The van der Waals surface area contributed by atoms with Gasteiger partial charge in [-0.3, -0.25) is 14.5 Å². The Morgan fingerprint density at radius 3 is 2.23 bits per heavy atom. The van der Waals surface area contributed by atoms with Crippen LogP contribution in [0.4, 0.5) is 10.5 Å². The zero-order valence-electron chi connectivity index (χ0n) is 18.0. The number of benzene rings is 1. The molecular weight excluding hydrogens is 380 g/mol. The normalized spacial score (nSPS) is 21.1. The second-order valence-corrected chi connectivity index (χ2v) is 8.96. The monoisotopic (exact) mass is 412 g/mol. The molecule has 0 saturated carbocycles. The average Bonchev–Trinajstić information content (AvgIpc) is 3.19. The highest BCUT2D eigenvalue weighted by Gasteiger charge is 2.32. The predicted molar refractivity (Wildman–Crippen MR) is 116 cm³/mol. The van der Waals surface area contributed by atoms with Crippen LogP contribution in [0.15, 0.2) is 18.2 Å². The van der Waals surface area contributed by atoms with Gasteiger partial charge >= 0.3 is 6.03 Å². The molecule has 0 spiro atoms. The summed E-state index contributed by atoms with van der Waals surface area (Å²) in [7, 11) is 0. The van der Waals surface area contributed by atoms with Crippen LogP contribution in [0, 0.1) is 18.8 Å². The first-order valence-corrected chi connectivity index (χ1v) is 11.2. The van der Waals surface area contributed by atoms with Gasteiger partial charge in [-0.15, -0.1) is 0 Å². The van der Waals surface area contributed by atoms with E-state index in [2.05, 4.69) is 12.2 Å². The lowest BCUT2D eigenvalue weighted by Gasteiger charge is -2.36. The third kappa shape index (κ3) is 4.16. The molecule has 3 fully saturated rings. The minimum Gasteiger partial charge on any atom is -0.342 e. The van der Waals surface area contributed by atoms with Crippen LogP contribution in [0.3, 0.4) is 0 Å². The van der Waals surface area contributed by atoms with Gasteiger partial charge in [0.05, 0.1) is 0 Å². The molecule has 0 aliphatic carbocycles. The van der Waals surface area contributed by atoms with Crippen LogP contribution in [0.2, 0.25) is 0 Å². The molecule has 1 aromatic rings. The number of carbonyl (C=O) groups excluding carboxylic acids is 3. The molecule has 1 aromatic carbocycles. The molecule has 7 heteroatoms. The lowest BCUT2D eigenvalue weighted by Crippen LogP contribution is -2.46. The van der Waals surface area contributed by atoms with E-state index in [0.29, 0.717) is 37.7 Å². The Balaban J connectivity index is 1.34. The van der Waals surface area contributed by atoms with Crippen molar-refractivity contribution in [1.82, 2.24) is 15.1 Å². The van der Waals surface area contributed by atoms with Gasteiger partial charge < -0.3 is 15.1 Å². The van der Waals surface area contributed by atoms with Gasteiger partial charge in [-0.25, -0.2) is 4.79 Å². The maximum Gasteiger partial charge on any atom is 0.322 e. The molecule has 0 radical (unpaired) electrons. The first-order chi connectivity index (χ1) is 14.4. The summed E-state index contributed by atoms with van der Waals surface area (Å²) >= 11 is 0. The summed E-state index contributed by atoms with van der Waals surface area (Å²) in [5, 5.41) is 2.80. The van der Waals surface area contributed by atoms with Gasteiger partial charge in [0.15, 0.2) is 0 Å². The van der Waals surface area contributed by atoms with E-state index in [0.717, 1.165) is 50.0 Å². The molecule has 0 unspecified atom stereocenters. The Labute approximate surface area is 178 Å². The van der Waals surface area contributed by atoms with Gasteiger partial charge in [-0.1, -0.05) is 6.92 Å². The van der Waals surface area contributed by atoms with Gasteiger partial charge in [-0.05, 0) is 62.3 Å². The van der Waals surface area contributed by atoms with Crippen molar-refractivity contribution in [3.05, 3.63) is 29.3 Å². The molecule has 3 heterocycles. The van der Waals surface area contributed by atoms with Crippen molar-refractivity contribution in [3.63, 3.8) is 0 Å². The van der Waals surface area contributed by atoms with E-state index in [1.807, 2.05) is 34.9 Å². The molecule has 3 aliphatic heterocycles. The first kappa shape index (κ1) is 20.7. The highest BCUT2D eigenvalue weighted by molar-refractivity contribution is 5.98. The van der Waals surface area contributed by atoms with E-state index in [9.17, 15) is 14.4 Å². The standard InChI is InChI=1S/C23H32N4O3/c1-16-5-10-25(11-6-16)21(28)18-7-12-26(13-8-18)22(29)19-3-4-20(17(2)15-19)27-14-9-24-23(27)30/h3-4,15-16,18H,5-14H2,1-2H3,(H,24,30). The van der Waals surface area contributed by atoms with E-state index in [4.69, 9.17) is 0 Å². The van der Waals surface area contributed by atoms with Gasteiger partial charge in [0.25, 0.3) is 5.91 Å². The fraction of sp³-hybridized carbons (Fsp3) is 0.609. The van der Waals surface area contributed by atoms with E-state index in [1.165, 1.54) is 0 Å². The molecule has 0 bridgehead atoms. The number of anilines is 1. The fourth-order valence-corrected chi connectivity index (χ4v) is 4.79. The topological polar surface area (TPSA) is 73.0 Å². The van der Waals surface area contributed by atoms with Gasteiger partial charge in [-0.2, -0.15) is 0 Å². The number of piperidine rings is 2. The van der Waals surface area contributed by atoms with E-state index in [1.54, 1.807) is 4.90 Å². The zero-order chi connectivity index (χ0) is 21.3. The van der Waals surface area contributed by atoms with E-state index >= 15 is 0 Å². The Hall–Kier alpha value is -2.57. The minimum atomic E-state index is -0.0907. The second kappa shape index (κ2) is 8.66. The van der Waals surface area contributed by atoms with Crippen molar-refractivity contribution >= 4 is 23.5 Å². The van der Waals surface area contributed by atoms with Gasteiger partial charge in [0.2, 0.25) is 5.91 Å². The molecule has 4 rings (SSSR count). The summed E-state index contributed by atoms with van der Waals surface area (Å²) < 4.78 is 0. The summed E-state index contributed by atoms with van der Waals surface area (Å²) in [6.07, 6.45) is 3.66. The Morgan fingerprint density at radius 1 is 0.967 bits per heavy atom. The lowest BCUT2D eigenvalue weighted by molar-refractivity contribution is -0.138. The van der Waals surface area contributed by atoms with Crippen molar-refractivity contribution < 1.29 is 14.4 Å². The number of likely N-dealkylation sites (tertiary alicyclic amines) is 2. The number of amides is 4. The van der Waals surface area contributed by atoms with Crippen molar-refractivity contribution in [3.8, 4) is 0 Å². The van der Waals surface area contributed by atoms with E-state index < -0.39 is 0 Å². The van der Waals surface area contributed by atoms with Crippen molar-refractivity contribution in [2.75, 3.05) is 44.2 Å². The largest absolute Gasteiger partial charge is 0.342 e. The van der Waals surface area contributed by atoms with Crippen molar-refractivity contribution in [1.29, 1.82) is 0 Å². The molecule has 3 aliphatic rings. The molecular formula is C23H32N4O3. The van der Waals surface area contributed by atoms with Crippen LogP contribution in [0.1, 0.15) is 48.5 Å². The predicted octanol–water partition coefficient (Wildman–Crippen LogP) is 2.64. The molecule has 4 amide bonds. The minimum absolute atomic E-state index is 0.00761. The number of rotatable bonds is 3. The van der Waals surface area contributed by atoms with Crippen LogP contribution in [0.25, 0.3) is 0 Å². The first-order valence-electron chi connectivity index (χ1n) is 11.2. The Bertz CT molecular complexity index is 824. The molecule has 3 saturated heterocycles. The second-order valence-electron chi connectivity index (χ2n) is 8.96. The lowest BCUT2D eigenvalue weighted by atomic mass is 9.92. The third-order valence-electron chi connectivity index (χ3n) is 6.82. The number of carbonyl (C=O) groups is 3. The molecule has 162 valence electrons. The summed E-state index contributed by atoms with van der Waals surface area (Å²) in [6, 6.07) is 5.45. The van der Waals surface area contributed by atoms with Crippen LogP contribution in [-0.2, 0) is 4.79 Å². The molecule has 0 atom stereocenters. The number of urea groups is 1. The molecule has 0 aromatic heterocycles. The number of hydrogen-bond acceptors (Lipinski definition) is 3. The average molecular weight is 413 g/mol. The van der Waals surface area contributed by atoms with Gasteiger partial charge in [0, 0.05) is 56.4 Å². The summed E-state index contributed by atoms with van der Waals surface area (Å²) in [4.78, 5) is 43.3. The van der Waals surface area contributed by atoms with Crippen LogP contribution in [0.5, 0.6) is 0 Å². The number of nitrogens with one attached hydrogen (secondary N) is 1. The van der Waals surface area contributed by atoms with Gasteiger partial charge in [0.1, 0.15) is 0 Å². The zero-order valence-corrected chi connectivity index (χ0v) is 18.0. The molecule has 30 heavy (non-hydrogen) atoms. The van der Waals surface area contributed by atoms with Crippen LogP contribution in [-0.4, -0.2) is 66.9 Å². The van der Waals surface area contributed by atoms with Crippen molar-refractivity contribution in [2.45, 2.75) is 39.5 Å². The quantitative estimate of drug-likeness (QED) is 0.830.